The fraction of sp³-hybridized carbons (Fsp3) is 0.316. The smallest absolute Gasteiger partial charge is 0.309 e. The summed E-state index contributed by atoms with van der Waals surface area (Å²) >= 11 is 3.66. The Bertz CT molecular complexity index is 886. The van der Waals surface area contributed by atoms with Gasteiger partial charge in [0.1, 0.15) is 5.75 Å². The third-order valence-corrected chi connectivity index (χ3v) is 7.29. The number of nitrogens with zero attached hydrogens (tertiary/aromatic N) is 2. The van der Waals surface area contributed by atoms with Crippen molar-refractivity contribution in [3.05, 3.63) is 52.8 Å². The van der Waals surface area contributed by atoms with Gasteiger partial charge in [-0.3, -0.25) is 4.79 Å². The summed E-state index contributed by atoms with van der Waals surface area (Å²) in [6.45, 7) is 0.717. The molecular formula is C19H18N2O3S2. The van der Waals surface area contributed by atoms with E-state index in [2.05, 4.69) is 40.6 Å². The third kappa shape index (κ3) is 3.97. The van der Waals surface area contributed by atoms with Crippen LogP contribution in [0.15, 0.2) is 30.5 Å². The third-order valence-electron chi connectivity index (χ3n) is 4.13. The highest BCUT2D eigenvalue weighted by Gasteiger charge is 2.36. The van der Waals surface area contributed by atoms with E-state index in [9.17, 15) is 4.79 Å². The van der Waals surface area contributed by atoms with Gasteiger partial charge in [-0.05, 0) is 36.8 Å². The molecule has 0 aliphatic carbocycles. The van der Waals surface area contributed by atoms with E-state index in [0.29, 0.717) is 11.3 Å². The number of thioether (sulfide) groups is 2. The van der Waals surface area contributed by atoms with E-state index < -0.39 is 5.97 Å². The van der Waals surface area contributed by atoms with Crippen molar-refractivity contribution in [2.24, 2.45) is 0 Å². The first-order valence-corrected chi connectivity index (χ1v) is 10.4. The van der Waals surface area contributed by atoms with E-state index >= 15 is 0 Å². The molecule has 1 aliphatic rings. The van der Waals surface area contributed by atoms with Crippen LogP contribution in [-0.4, -0.2) is 40.4 Å². The highest BCUT2D eigenvalue weighted by molar-refractivity contribution is 8.16. The molecule has 0 saturated carbocycles. The number of fused-ring (bicyclic) bond motifs is 1. The van der Waals surface area contributed by atoms with Gasteiger partial charge in [-0.1, -0.05) is 11.8 Å². The average Bonchev–Trinajstić information content (AvgIpc) is 2.65. The normalized spacial score (nSPS) is 14.5. The monoisotopic (exact) mass is 386 g/mol. The van der Waals surface area contributed by atoms with Crippen LogP contribution in [0.1, 0.15) is 28.8 Å². The number of hydrogen-bond donors (Lipinski definition) is 1. The first-order chi connectivity index (χ1) is 12.6. The Kier molecular flexibility index (Phi) is 5.74. The number of carboxylic acid groups (broad SMARTS) is 1. The first-order valence-electron chi connectivity index (χ1n) is 7.99. The molecule has 134 valence electrons. The molecule has 1 aromatic heterocycles. The lowest BCUT2D eigenvalue weighted by molar-refractivity contribution is -0.136. The Morgan fingerprint density at radius 3 is 2.77 bits per heavy atom. The summed E-state index contributed by atoms with van der Waals surface area (Å²) in [6.07, 6.45) is 6.57. The lowest BCUT2D eigenvalue weighted by Gasteiger charge is -2.36. The topological polar surface area (TPSA) is 72.3 Å². The summed E-state index contributed by atoms with van der Waals surface area (Å²) in [5, 5.41) is 16.5. The summed E-state index contributed by atoms with van der Waals surface area (Å²) in [6, 6.07) is 7.65. The van der Waals surface area contributed by atoms with E-state index in [1.807, 2.05) is 35.7 Å². The number of carbonyl (C=O) groups is 1. The molecule has 7 heteroatoms. The molecule has 0 spiro atoms. The number of hydrogen-bond acceptors (Lipinski definition) is 6. The molecule has 0 saturated heterocycles. The van der Waals surface area contributed by atoms with Crippen LogP contribution in [0.25, 0.3) is 0 Å². The Morgan fingerprint density at radius 1 is 1.27 bits per heavy atom. The maximum absolute atomic E-state index is 10.8. The predicted octanol–water partition coefficient (Wildman–Crippen LogP) is 3.16. The van der Waals surface area contributed by atoms with Crippen LogP contribution in [0, 0.1) is 11.8 Å². The molecule has 0 atom stereocenters. The van der Waals surface area contributed by atoms with Crippen molar-refractivity contribution >= 4 is 29.5 Å². The fourth-order valence-electron chi connectivity index (χ4n) is 2.83. The second kappa shape index (κ2) is 8.02. The van der Waals surface area contributed by atoms with Crippen molar-refractivity contribution in [3.63, 3.8) is 0 Å². The van der Waals surface area contributed by atoms with Crippen LogP contribution < -0.4 is 4.74 Å². The lowest BCUT2D eigenvalue weighted by atomic mass is 10.0. The molecule has 26 heavy (non-hydrogen) atoms. The van der Waals surface area contributed by atoms with Gasteiger partial charge in [-0.2, -0.15) is 10.2 Å². The number of rotatable bonds is 4. The SMILES string of the molecule is CSC1(SC)CCOc2ccc(C#Cc3cnnc(CC(=O)O)c3)cc21. The molecule has 1 N–H and O–H groups in total. The second-order valence-corrected chi connectivity index (χ2v) is 8.20. The van der Waals surface area contributed by atoms with Gasteiger partial charge in [0.05, 0.1) is 29.0 Å². The summed E-state index contributed by atoms with van der Waals surface area (Å²) in [4.78, 5) is 10.8. The van der Waals surface area contributed by atoms with Crippen molar-refractivity contribution in [2.75, 3.05) is 19.1 Å². The van der Waals surface area contributed by atoms with Crippen molar-refractivity contribution in [2.45, 2.75) is 16.9 Å². The van der Waals surface area contributed by atoms with Crippen molar-refractivity contribution in [1.82, 2.24) is 10.2 Å². The maximum atomic E-state index is 10.8. The van der Waals surface area contributed by atoms with E-state index in [1.165, 1.54) is 6.20 Å². The minimum atomic E-state index is -0.940. The highest BCUT2D eigenvalue weighted by atomic mass is 32.2. The number of ether oxygens (including phenoxy) is 1. The minimum Gasteiger partial charge on any atom is -0.493 e. The number of aromatic nitrogens is 2. The molecule has 0 amide bonds. The Hall–Kier alpha value is -2.17. The predicted molar refractivity (Wildman–Crippen MR) is 105 cm³/mol. The zero-order valence-corrected chi connectivity index (χ0v) is 16.1. The zero-order valence-electron chi connectivity index (χ0n) is 14.5. The van der Waals surface area contributed by atoms with Gasteiger partial charge in [0.25, 0.3) is 0 Å². The molecule has 3 rings (SSSR count). The molecule has 5 nitrogen and oxygen atoms in total. The molecular weight excluding hydrogens is 368 g/mol. The van der Waals surface area contributed by atoms with Gasteiger partial charge in [0.15, 0.2) is 0 Å². The molecule has 1 aliphatic heterocycles. The maximum Gasteiger partial charge on any atom is 0.309 e. The van der Waals surface area contributed by atoms with E-state index in [4.69, 9.17) is 9.84 Å². The summed E-state index contributed by atoms with van der Waals surface area (Å²) in [5.74, 6) is 6.16. The van der Waals surface area contributed by atoms with E-state index in [0.717, 1.165) is 29.9 Å². The van der Waals surface area contributed by atoms with Gasteiger partial charge in [0.2, 0.25) is 0 Å². The van der Waals surface area contributed by atoms with E-state index in [1.54, 1.807) is 6.07 Å². The Labute approximate surface area is 160 Å². The van der Waals surface area contributed by atoms with Gasteiger partial charge in [-0.15, -0.1) is 23.5 Å². The highest BCUT2D eigenvalue weighted by Crippen LogP contribution is 2.52. The van der Waals surface area contributed by atoms with Crippen LogP contribution in [0.4, 0.5) is 0 Å². The summed E-state index contributed by atoms with van der Waals surface area (Å²) in [5.41, 5.74) is 3.09. The van der Waals surface area contributed by atoms with Gasteiger partial charge in [0, 0.05) is 23.1 Å². The average molecular weight is 386 g/mol. The molecule has 2 aromatic rings. The molecule has 0 fully saturated rings. The Morgan fingerprint density at radius 2 is 2.04 bits per heavy atom. The van der Waals surface area contributed by atoms with Gasteiger partial charge in [-0.25, -0.2) is 0 Å². The molecule has 0 unspecified atom stereocenters. The largest absolute Gasteiger partial charge is 0.493 e. The van der Waals surface area contributed by atoms with Gasteiger partial charge >= 0.3 is 5.97 Å². The summed E-state index contributed by atoms with van der Waals surface area (Å²) in [7, 11) is 0. The van der Waals surface area contributed by atoms with Crippen LogP contribution in [-0.2, 0) is 15.3 Å². The molecule has 0 radical (unpaired) electrons. The number of benzene rings is 1. The molecule has 1 aromatic carbocycles. The van der Waals surface area contributed by atoms with Gasteiger partial charge < -0.3 is 9.84 Å². The standard InChI is InChI=1S/C19H18N2O3S2/c1-25-19(26-2)7-8-24-17-6-5-13(10-16(17)19)3-4-14-9-15(11-18(22)23)21-20-12-14/h5-6,9-10,12H,7-8,11H2,1-2H3,(H,22,23). The zero-order chi connectivity index (χ0) is 18.6. The Balaban J connectivity index is 1.91. The second-order valence-electron chi connectivity index (χ2n) is 5.73. The minimum absolute atomic E-state index is 0.0157. The van der Waals surface area contributed by atoms with Crippen molar-refractivity contribution < 1.29 is 14.6 Å². The lowest BCUT2D eigenvalue weighted by Crippen LogP contribution is -2.26. The van der Waals surface area contributed by atoms with E-state index in [-0.39, 0.29) is 10.5 Å². The van der Waals surface area contributed by atoms with Crippen LogP contribution in [0.2, 0.25) is 0 Å². The van der Waals surface area contributed by atoms with Crippen molar-refractivity contribution in [3.8, 4) is 17.6 Å². The first kappa shape index (κ1) is 18.6. The number of carboxylic acids is 1. The van der Waals surface area contributed by atoms with Crippen LogP contribution in [0.5, 0.6) is 5.75 Å². The van der Waals surface area contributed by atoms with Crippen LogP contribution >= 0.6 is 23.5 Å². The molecule has 0 bridgehead atoms. The fourth-order valence-corrected chi connectivity index (χ4v) is 4.83. The quantitative estimate of drug-likeness (QED) is 0.639. The summed E-state index contributed by atoms with van der Waals surface area (Å²) < 4.78 is 5.79. The van der Waals surface area contributed by atoms with Crippen LogP contribution in [0.3, 0.4) is 0 Å². The van der Waals surface area contributed by atoms with Crippen molar-refractivity contribution in [1.29, 1.82) is 0 Å². The number of aliphatic carboxylic acids is 1. The molecule has 2 heterocycles.